The molecule has 0 radical (unpaired) electrons. The first-order valence-electron chi connectivity index (χ1n) is 10.4. The van der Waals surface area contributed by atoms with Crippen molar-refractivity contribution in [2.24, 2.45) is 0 Å². The number of likely N-dealkylation sites (tertiary alicyclic amines) is 1. The summed E-state index contributed by atoms with van der Waals surface area (Å²) >= 11 is 0. The Morgan fingerprint density at radius 1 is 0.966 bits per heavy atom. The molecule has 8 heteroatoms. The monoisotopic (exact) mass is 405 g/mol. The molecule has 0 saturated carbocycles. The Morgan fingerprint density at radius 3 is 2.31 bits per heavy atom. The van der Waals surface area contributed by atoms with E-state index in [1.54, 1.807) is 4.90 Å². The van der Waals surface area contributed by atoms with Crippen LogP contribution >= 0.6 is 0 Å². The Kier molecular flexibility index (Phi) is 8.13. The van der Waals surface area contributed by atoms with Gasteiger partial charge in [-0.2, -0.15) is 0 Å². The van der Waals surface area contributed by atoms with E-state index >= 15 is 0 Å². The fourth-order valence-corrected chi connectivity index (χ4v) is 3.72. The van der Waals surface area contributed by atoms with Crippen molar-refractivity contribution in [3.8, 4) is 0 Å². The molecule has 29 heavy (non-hydrogen) atoms. The minimum atomic E-state index is -0.830. The van der Waals surface area contributed by atoms with Crippen molar-refractivity contribution in [1.82, 2.24) is 14.7 Å². The Morgan fingerprint density at radius 2 is 1.66 bits per heavy atom. The predicted molar refractivity (Wildman–Crippen MR) is 108 cm³/mol. The van der Waals surface area contributed by atoms with Crippen LogP contribution in [0.25, 0.3) is 0 Å². The lowest BCUT2D eigenvalue weighted by Gasteiger charge is -2.33. The molecular weight excluding hydrogens is 374 g/mol. The molecule has 1 aromatic rings. The summed E-state index contributed by atoms with van der Waals surface area (Å²) in [7, 11) is 0. The van der Waals surface area contributed by atoms with E-state index in [1.807, 2.05) is 30.3 Å². The number of nitrogens with zero attached hydrogens (tertiary/aromatic N) is 3. The van der Waals surface area contributed by atoms with Crippen molar-refractivity contribution in [2.45, 2.75) is 32.0 Å². The lowest BCUT2D eigenvalue weighted by Crippen LogP contribution is -2.48. The normalized spacial score (nSPS) is 18.6. The van der Waals surface area contributed by atoms with Gasteiger partial charge in [0.2, 0.25) is 0 Å². The van der Waals surface area contributed by atoms with E-state index in [2.05, 4.69) is 4.90 Å². The molecule has 1 N–H and O–H groups in total. The number of piperidine rings is 1. The van der Waals surface area contributed by atoms with Crippen LogP contribution in [0.2, 0.25) is 0 Å². The number of ether oxygens (including phenoxy) is 2. The molecule has 2 aliphatic heterocycles. The van der Waals surface area contributed by atoms with Crippen LogP contribution in [0, 0.1) is 0 Å². The minimum absolute atomic E-state index is 0.192. The molecule has 2 saturated heterocycles. The summed E-state index contributed by atoms with van der Waals surface area (Å²) in [5.41, 5.74) is 0.989. The number of piperazine rings is 1. The second-order valence-corrected chi connectivity index (χ2v) is 7.56. The van der Waals surface area contributed by atoms with Gasteiger partial charge in [-0.15, -0.1) is 0 Å². The molecule has 0 aromatic heterocycles. The summed E-state index contributed by atoms with van der Waals surface area (Å²) in [5.74, 6) is 0. The van der Waals surface area contributed by atoms with Gasteiger partial charge < -0.3 is 24.4 Å². The second-order valence-electron chi connectivity index (χ2n) is 7.56. The lowest BCUT2D eigenvalue weighted by atomic mass is 10.1. The van der Waals surface area contributed by atoms with E-state index in [0.29, 0.717) is 39.4 Å². The zero-order valence-corrected chi connectivity index (χ0v) is 16.9. The summed E-state index contributed by atoms with van der Waals surface area (Å²) in [5, 5.41) is 8.97. The molecule has 0 spiro atoms. The van der Waals surface area contributed by atoms with Crippen LogP contribution in [0.15, 0.2) is 30.3 Å². The van der Waals surface area contributed by atoms with Gasteiger partial charge in [0.15, 0.2) is 0 Å². The molecule has 3 rings (SSSR count). The maximum Gasteiger partial charge on any atom is 0.410 e. The zero-order chi connectivity index (χ0) is 20.5. The molecule has 0 atom stereocenters. The highest BCUT2D eigenvalue weighted by Gasteiger charge is 2.24. The van der Waals surface area contributed by atoms with Crippen molar-refractivity contribution in [3.63, 3.8) is 0 Å². The van der Waals surface area contributed by atoms with E-state index in [-0.39, 0.29) is 12.2 Å². The summed E-state index contributed by atoms with van der Waals surface area (Å²) in [4.78, 5) is 28.6. The minimum Gasteiger partial charge on any atom is -0.465 e. The molecule has 0 unspecified atom stereocenters. The summed E-state index contributed by atoms with van der Waals surface area (Å²) in [6.45, 7) is 5.98. The average molecular weight is 405 g/mol. The first-order chi connectivity index (χ1) is 14.1. The van der Waals surface area contributed by atoms with Gasteiger partial charge in [0.1, 0.15) is 6.61 Å². The Balaban J connectivity index is 1.24. The van der Waals surface area contributed by atoms with Crippen LogP contribution in [-0.2, 0) is 16.1 Å². The van der Waals surface area contributed by atoms with E-state index in [1.165, 1.54) is 4.90 Å². The van der Waals surface area contributed by atoms with Crippen LogP contribution in [0.4, 0.5) is 9.59 Å². The fraction of sp³-hybridized carbons (Fsp3) is 0.619. The molecule has 0 aliphatic carbocycles. The number of carboxylic acid groups (broad SMARTS) is 1. The SMILES string of the molecule is O=C(O)N1CCN(CCCOC2CCN(C(=O)OCc3ccccc3)CC2)CC1. The molecule has 0 bridgehead atoms. The second kappa shape index (κ2) is 11.0. The van der Waals surface area contributed by atoms with Gasteiger partial charge >= 0.3 is 12.2 Å². The predicted octanol–water partition coefficient (Wildman–Crippen LogP) is 2.49. The number of benzene rings is 1. The molecule has 2 fully saturated rings. The molecule has 1 aromatic carbocycles. The van der Waals surface area contributed by atoms with Gasteiger partial charge in [-0.25, -0.2) is 9.59 Å². The number of rotatable bonds is 7. The lowest BCUT2D eigenvalue weighted by molar-refractivity contribution is 0.000600. The van der Waals surface area contributed by atoms with Crippen LogP contribution in [0.1, 0.15) is 24.8 Å². The van der Waals surface area contributed by atoms with Crippen LogP contribution in [0.3, 0.4) is 0 Å². The third kappa shape index (κ3) is 6.90. The molecular formula is C21H31N3O5. The highest BCUT2D eigenvalue weighted by atomic mass is 16.6. The topological polar surface area (TPSA) is 82.6 Å². The zero-order valence-electron chi connectivity index (χ0n) is 16.9. The van der Waals surface area contributed by atoms with E-state index in [0.717, 1.165) is 44.5 Å². The molecule has 2 amide bonds. The number of hydrogen-bond acceptors (Lipinski definition) is 5. The van der Waals surface area contributed by atoms with Gasteiger partial charge in [0, 0.05) is 52.4 Å². The third-order valence-electron chi connectivity index (χ3n) is 5.52. The van der Waals surface area contributed by atoms with E-state index < -0.39 is 6.09 Å². The first-order valence-corrected chi connectivity index (χ1v) is 10.4. The third-order valence-corrected chi connectivity index (χ3v) is 5.52. The van der Waals surface area contributed by atoms with Crippen molar-refractivity contribution < 1.29 is 24.2 Å². The maximum atomic E-state index is 12.2. The molecule has 2 aliphatic rings. The number of carbonyl (C=O) groups is 2. The Labute approximate surface area is 172 Å². The average Bonchev–Trinajstić information content (AvgIpc) is 2.76. The molecule has 160 valence electrons. The molecule has 8 nitrogen and oxygen atoms in total. The van der Waals surface area contributed by atoms with Gasteiger partial charge in [0.05, 0.1) is 6.10 Å². The van der Waals surface area contributed by atoms with Crippen molar-refractivity contribution in [1.29, 1.82) is 0 Å². The smallest absolute Gasteiger partial charge is 0.410 e. The van der Waals surface area contributed by atoms with Gasteiger partial charge in [-0.3, -0.25) is 4.90 Å². The Bertz CT molecular complexity index is 641. The summed E-state index contributed by atoms with van der Waals surface area (Å²) in [6, 6.07) is 9.69. The van der Waals surface area contributed by atoms with E-state index in [9.17, 15) is 9.59 Å². The number of amides is 2. The van der Waals surface area contributed by atoms with Crippen molar-refractivity contribution in [2.75, 3.05) is 52.4 Å². The van der Waals surface area contributed by atoms with E-state index in [4.69, 9.17) is 14.6 Å². The Hall–Kier alpha value is -2.32. The summed E-state index contributed by atoms with van der Waals surface area (Å²) < 4.78 is 11.4. The summed E-state index contributed by atoms with van der Waals surface area (Å²) in [6.07, 6.45) is 1.70. The van der Waals surface area contributed by atoms with Crippen LogP contribution < -0.4 is 0 Å². The standard InChI is InChI=1S/C21H31N3O5/c25-20(26)23-14-12-22(13-15-23)9-4-16-28-19-7-10-24(11-8-19)21(27)29-17-18-5-2-1-3-6-18/h1-3,5-6,19H,4,7-17H2,(H,25,26). The van der Waals surface area contributed by atoms with Crippen molar-refractivity contribution >= 4 is 12.2 Å². The number of carbonyl (C=O) groups excluding carboxylic acids is 1. The first kappa shape index (κ1) is 21.4. The highest BCUT2D eigenvalue weighted by Crippen LogP contribution is 2.16. The van der Waals surface area contributed by atoms with Gasteiger partial charge in [-0.1, -0.05) is 30.3 Å². The fourth-order valence-electron chi connectivity index (χ4n) is 3.72. The number of hydrogen-bond donors (Lipinski definition) is 1. The van der Waals surface area contributed by atoms with Gasteiger partial charge in [-0.05, 0) is 24.8 Å². The quantitative estimate of drug-likeness (QED) is 0.702. The maximum absolute atomic E-state index is 12.2. The highest BCUT2D eigenvalue weighted by molar-refractivity contribution is 5.67. The van der Waals surface area contributed by atoms with Gasteiger partial charge in [0.25, 0.3) is 0 Å². The van der Waals surface area contributed by atoms with Crippen molar-refractivity contribution in [3.05, 3.63) is 35.9 Å². The molecule has 2 heterocycles. The van der Waals surface area contributed by atoms with Crippen LogP contribution in [0.5, 0.6) is 0 Å². The van der Waals surface area contributed by atoms with Crippen LogP contribution in [-0.4, -0.2) is 90.5 Å². The largest absolute Gasteiger partial charge is 0.465 e.